The third kappa shape index (κ3) is 3.12. The van der Waals surface area contributed by atoms with Crippen LogP contribution in [0.2, 0.25) is 4.34 Å². The molecular formula is C12H10BClFNOS. The lowest BCUT2D eigenvalue weighted by Crippen LogP contribution is -2.23. The lowest BCUT2D eigenvalue weighted by molar-refractivity contribution is 0.0954. The first kappa shape index (κ1) is 13.1. The van der Waals surface area contributed by atoms with Crippen molar-refractivity contribution in [3.63, 3.8) is 0 Å². The predicted octanol–water partition coefficient (Wildman–Crippen LogP) is 1.73. The molecule has 6 heteroatoms. The second-order valence-corrected chi connectivity index (χ2v) is 5.60. The summed E-state index contributed by atoms with van der Waals surface area (Å²) in [5.74, 6) is -0.557. The highest BCUT2D eigenvalue weighted by Crippen LogP contribution is 2.21. The number of thiophene rings is 1. The monoisotopic (exact) mass is 281 g/mol. The van der Waals surface area contributed by atoms with Crippen molar-refractivity contribution in [2.75, 3.05) is 0 Å². The standard InChI is InChI=1S/C12H10BClFNOS/c13-8-1-2-9(15)7(5-8)6-16-12(17)10-3-4-11(14)18-10/h1-5H,6,13H2,(H,16,17). The van der Waals surface area contributed by atoms with Crippen LogP contribution < -0.4 is 10.8 Å². The van der Waals surface area contributed by atoms with Gasteiger partial charge in [-0.1, -0.05) is 29.2 Å². The topological polar surface area (TPSA) is 29.1 Å². The molecule has 0 bridgehead atoms. The first-order valence-electron chi connectivity index (χ1n) is 5.35. The van der Waals surface area contributed by atoms with Crippen molar-refractivity contribution in [2.45, 2.75) is 6.54 Å². The van der Waals surface area contributed by atoms with Gasteiger partial charge < -0.3 is 5.32 Å². The molecule has 1 heterocycles. The molecule has 2 nitrogen and oxygen atoms in total. The van der Waals surface area contributed by atoms with E-state index in [9.17, 15) is 9.18 Å². The first-order valence-corrected chi connectivity index (χ1v) is 6.54. The van der Waals surface area contributed by atoms with Gasteiger partial charge in [-0.15, -0.1) is 11.3 Å². The van der Waals surface area contributed by atoms with Crippen LogP contribution in [0.4, 0.5) is 4.39 Å². The van der Waals surface area contributed by atoms with Crippen LogP contribution in [0.3, 0.4) is 0 Å². The molecule has 1 aromatic carbocycles. The maximum Gasteiger partial charge on any atom is 0.261 e. The number of carbonyl (C=O) groups excluding carboxylic acids is 1. The number of nitrogens with one attached hydrogen (secondary N) is 1. The Hall–Kier alpha value is -1.33. The SMILES string of the molecule is Bc1ccc(F)c(CNC(=O)c2ccc(Cl)s2)c1. The third-order valence-corrected chi connectivity index (χ3v) is 3.67. The predicted molar refractivity (Wildman–Crippen MR) is 75.1 cm³/mol. The Kier molecular flexibility index (Phi) is 4.04. The molecule has 0 saturated carbocycles. The minimum atomic E-state index is -0.315. The van der Waals surface area contributed by atoms with Crippen LogP contribution in [0, 0.1) is 5.82 Å². The van der Waals surface area contributed by atoms with E-state index in [2.05, 4.69) is 5.32 Å². The van der Waals surface area contributed by atoms with Crippen LogP contribution in [-0.4, -0.2) is 13.8 Å². The zero-order valence-electron chi connectivity index (χ0n) is 9.67. The number of rotatable bonds is 3. The number of hydrogen-bond donors (Lipinski definition) is 1. The zero-order valence-corrected chi connectivity index (χ0v) is 11.2. The van der Waals surface area contributed by atoms with Crippen molar-refractivity contribution in [1.82, 2.24) is 5.32 Å². The normalized spacial score (nSPS) is 10.3. The molecule has 0 fully saturated rings. The fourth-order valence-corrected chi connectivity index (χ4v) is 2.50. The van der Waals surface area contributed by atoms with Crippen molar-refractivity contribution >= 4 is 42.2 Å². The van der Waals surface area contributed by atoms with Gasteiger partial charge in [0.2, 0.25) is 0 Å². The van der Waals surface area contributed by atoms with Gasteiger partial charge in [-0.25, -0.2) is 4.39 Å². The summed E-state index contributed by atoms with van der Waals surface area (Å²) in [7, 11) is 1.88. The summed E-state index contributed by atoms with van der Waals surface area (Å²) in [6.07, 6.45) is 0. The van der Waals surface area contributed by atoms with Crippen LogP contribution in [0.25, 0.3) is 0 Å². The van der Waals surface area contributed by atoms with E-state index >= 15 is 0 Å². The number of amides is 1. The molecule has 0 aliphatic rings. The van der Waals surface area contributed by atoms with E-state index in [0.29, 0.717) is 14.8 Å². The molecule has 0 aliphatic carbocycles. The second kappa shape index (κ2) is 5.54. The van der Waals surface area contributed by atoms with Crippen LogP contribution in [0.15, 0.2) is 30.3 Å². The lowest BCUT2D eigenvalue weighted by atomic mass is 9.94. The Balaban J connectivity index is 2.03. The van der Waals surface area contributed by atoms with Gasteiger partial charge in [0.15, 0.2) is 0 Å². The summed E-state index contributed by atoms with van der Waals surface area (Å²) in [6, 6.07) is 8.12. The minimum Gasteiger partial charge on any atom is -0.347 e. The quantitative estimate of drug-likeness (QED) is 0.853. The van der Waals surface area contributed by atoms with E-state index in [4.69, 9.17) is 11.6 Å². The first-order chi connectivity index (χ1) is 8.56. The summed E-state index contributed by atoms with van der Waals surface area (Å²) < 4.78 is 14.0. The van der Waals surface area contributed by atoms with Gasteiger partial charge >= 0.3 is 0 Å². The van der Waals surface area contributed by atoms with Crippen molar-refractivity contribution in [3.8, 4) is 0 Å². The maximum absolute atomic E-state index is 13.5. The zero-order chi connectivity index (χ0) is 13.1. The largest absolute Gasteiger partial charge is 0.347 e. The Bertz CT molecular complexity index is 587. The van der Waals surface area contributed by atoms with Gasteiger partial charge in [-0.3, -0.25) is 4.79 Å². The second-order valence-electron chi connectivity index (χ2n) is 3.88. The molecule has 0 atom stereocenters. The molecule has 0 unspecified atom stereocenters. The van der Waals surface area contributed by atoms with E-state index in [1.54, 1.807) is 24.3 Å². The van der Waals surface area contributed by atoms with E-state index in [1.807, 2.05) is 7.85 Å². The van der Waals surface area contributed by atoms with E-state index in [1.165, 1.54) is 17.4 Å². The summed E-state index contributed by atoms with van der Waals surface area (Å²) in [5, 5.41) is 2.67. The summed E-state index contributed by atoms with van der Waals surface area (Å²) >= 11 is 6.94. The number of carbonyl (C=O) groups is 1. The van der Waals surface area contributed by atoms with Crippen molar-refractivity contribution in [3.05, 3.63) is 50.9 Å². The molecule has 0 saturated heterocycles. The highest BCUT2D eigenvalue weighted by atomic mass is 35.5. The smallest absolute Gasteiger partial charge is 0.261 e. The molecule has 0 radical (unpaired) electrons. The molecule has 18 heavy (non-hydrogen) atoms. The van der Waals surface area contributed by atoms with Crippen LogP contribution in [-0.2, 0) is 6.54 Å². The highest BCUT2D eigenvalue weighted by molar-refractivity contribution is 7.17. The molecule has 1 N–H and O–H groups in total. The number of halogens is 2. The molecule has 0 aliphatic heterocycles. The maximum atomic E-state index is 13.5. The molecule has 2 rings (SSSR count). The fraction of sp³-hybridized carbons (Fsp3) is 0.0833. The number of benzene rings is 1. The molecular weight excluding hydrogens is 271 g/mol. The average molecular weight is 282 g/mol. The van der Waals surface area contributed by atoms with Gasteiger partial charge in [0, 0.05) is 12.1 Å². The summed E-state index contributed by atoms with van der Waals surface area (Å²) in [5.41, 5.74) is 1.44. The van der Waals surface area contributed by atoms with Crippen molar-refractivity contribution in [1.29, 1.82) is 0 Å². The van der Waals surface area contributed by atoms with Gasteiger partial charge in [0.1, 0.15) is 13.7 Å². The highest BCUT2D eigenvalue weighted by Gasteiger charge is 2.09. The van der Waals surface area contributed by atoms with E-state index in [-0.39, 0.29) is 18.3 Å². The Labute approximate surface area is 114 Å². The Morgan fingerprint density at radius 3 is 2.83 bits per heavy atom. The minimum absolute atomic E-state index is 0.169. The van der Waals surface area contributed by atoms with Gasteiger partial charge in [0.05, 0.1) is 9.21 Å². The van der Waals surface area contributed by atoms with Gasteiger partial charge in [-0.2, -0.15) is 0 Å². The Morgan fingerprint density at radius 2 is 2.17 bits per heavy atom. The number of hydrogen-bond acceptors (Lipinski definition) is 2. The van der Waals surface area contributed by atoms with Crippen LogP contribution >= 0.6 is 22.9 Å². The molecule has 1 aromatic heterocycles. The third-order valence-electron chi connectivity index (χ3n) is 2.44. The van der Waals surface area contributed by atoms with Crippen LogP contribution in [0.1, 0.15) is 15.2 Å². The Morgan fingerprint density at radius 1 is 1.39 bits per heavy atom. The molecule has 2 aromatic rings. The summed E-state index contributed by atoms with van der Waals surface area (Å²) in [4.78, 5) is 12.3. The molecule has 92 valence electrons. The molecule has 0 spiro atoms. The fourth-order valence-electron chi connectivity index (χ4n) is 1.54. The molecule has 1 amide bonds. The van der Waals surface area contributed by atoms with Crippen molar-refractivity contribution < 1.29 is 9.18 Å². The van der Waals surface area contributed by atoms with Crippen molar-refractivity contribution in [2.24, 2.45) is 0 Å². The summed E-state index contributed by atoms with van der Waals surface area (Å²) in [6.45, 7) is 0.169. The van der Waals surface area contributed by atoms with Gasteiger partial charge in [0.25, 0.3) is 5.91 Å². The average Bonchev–Trinajstić information content (AvgIpc) is 2.77. The van der Waals surface area contributed by atoms with Crippen LogP contribution in [0.5, 0.6) is 0 Å². The van der Waals surface area contributed by atoms with E-state index < -0.39 is 0 Å². The van der Waals surface area contributed by atoms with E-state index in [0.717, 1.165) is 5.46 Å². The lowest BCUT2D eigenvalue weighted by Gasteiger charge is -2.06. The van der Waals surface area contributed by atoms with Gasteiger partial charge in [-0.05, 0) is 18.2 Å².